The number of carbonyl (C=O) groups excluding carboxylic acids is 4. The standard InChI is InChI=1S/C15H16F3NO4.C15H14F3NO4/c2*1-8(20)19-12-7-11(15(16,17)18)9(13-4-3-5-23-13)6-10(12)14(21)22-2/h6-7,13H,3-5H2,1-2H3,(H,19,20);4,6-7H,3,5H2,1-2H3,(H,19,20). The molecule has 2 aliphatic heterocycles. The van der Waals surface area contributed by atoms with E-state index in [1.54, 1.807) is 0 Å². The second-order valence-electron chi connectivity index (χ2n) is 9.98. The van der Waals surface area contributed by atoms with Crippen molar-refractivity contribution < 1.29 is 64.5 Å². The molecule has 1 atom stereocenters. The third-order valence-electron chi connectivity index (χ3n) is 6.64. The van der Waals surface area contributed by atoms with E-state index in [1.807, 2.05) is 0 Å². The molecule has 250 valence electrons. The minimum atomic E-state index is -4.68. The molecule has 2 N–H and O–H groups in total. The van der Waals surface area contributed by atoms with Gasteiger partial charge < -0.3 is 29.6 Å². The first-order valence-electron chi connectivity index (χ1n) is 13.6. The molecule has 0 aromatic heterocycles. The zero-order chi connectivity index (χ0) is 34.4. The number of esters is 2. The van der Waals surface area contributed by atoms with Crippen LogP contribution in [0.5, 0.6) is 0 Å². The highest BCUT2D eigenvalue weighted by Gasteiger charge is 2.39. The van der Waals surface area contributed by atoms with Gasteiger partial charge in [0.2, 0.25) is 11.8 Å². The number of halogens is 6. The van der Waals surface area contributed by atoms with Gasteiger partial charge in [0.25, 0.3) is 0 Å². The molecule has 0 aliphatic carbocycles. The number of methoxy groups -OCH3 is 2. The van der Waals surface area contributed by atoms with Crippen LogP contribution in [0.15, 0.2) is 30.3 Å². The SMILES string of the molecule is COC(=O)c1cc(C2=CCCO2)c(C(F)(F)F)cc1NC(C)=O.COC(=O)c1cc(C2CCCO2)c(C(F)(F)F)cc1NC(C)=O. The third kappa shape index (κ3) is 8.77. The predicted octanol–water partition coefficient (Wildman–Crippen LogP) is 6.51. The van der Waals surface area contributed by atoms with Gasteiger partial charge in [-0.15, -0.1) is 0 Å². The predicted molar refractivity (Wildman–Crippen MR) is 151 cm³/mol. The summed E-state index contributed by atoms with van der Waals surface area (Å²) in [5.74, 6) is -2.83. The molecule has 2 aromatic carbocycles. The second kappa shape index (κ2) is 14.7. The summed E-state index contributed by atoms with van der Waals surface area (Å²) in [7, 11) is 2.21. The van der Waals surface area contributed by atoms with E-state index < -0.39 is 53.3 Å². The molecule has 2 amide bonds. The number of anilines is 2. The number of nitrogens with one attached hydrogen (secondary N) is 2. The average molecular weight is 661 g/mol. The van der Waals surface area contributed by atoms with E-state index in [-0.39, 0.29) is 46.0 Å². The highest BCUT2D eigenvalue weighted by Crippen LogP contribution is 2.42. The van der Waals surface area contributed by atoms with Crippen molar-refractivity contribution in [1.29, 1.82) is 0 Å². The lowest BCUT2D eigenvalue weighted by atomic mass is 9.95. The van der Waals surface area contributed by atoms with Gasteiger partial charge in [0, 0.05) is 32.4 Å². The Labute approximate surface area is 259 Å². The van der Waals surface area contributed by atoms with Crippen molar-refractivity contribution in [3.8, 4) is 0 Å². The van der Waals surface area contributed by atoms with Crippen molar-refractivity contribution >= 4 is 40.9 Å². The van der Waals surface area contributed by atoms with Crippen LogP contribution in [-0.4, -0.2) is 51.2 Å². The first-order valence-corrected chi connectivity index (χ1v) is 13.6. The first-order chi connectivity index (χ1) is 21.5. The fraction of sp³-hybridized carbons (Fsp3) is 0.400. The molecule has 0 radical (unpaired) electrons. The molecule has 46 heavy (non-hydrogen) atoms. The third-order valence-corrected chi connectivity index (χ3v) is 6.64. The van der Waals surface area contributed by atoms with Gasteiger partial charge >= 0.3 is 24.3 Å². The molecule has 1 fully saturated rings. The van der Waals surface area contributed by atoms with E-state index in [9.17, 15) is 45.5 Å². The van der Waals surface area contributed by atoms with Crippen LogP contribution >= 0.6 is 0 Å². The highest BCUT2D eigenvalue weighted by molar-refractivity contribution is 6.02. The summed E-state index contributed by atoms with van der Waals surface area (Å²) in [6, 6.07) is 3.59. The number of carbonyl (C=O) groups is 4. The lowest BCUT2D eigenvalue weighted by Crippen LogP contribution is -2.18. The molecule has 10 nitrogen and oxygen atoms in total. The number of alkyl halides is 6. The molecule has 4 rings (SSSR count). The number of amides is 2. The van der Waals surface area contributed by atoms with Crippen molar-refractivity contribution in [3.63, 3.8) is 0 Å². The first kappa shape index (κ1) is 35.9. The maximum absolute atomic E-state index is 13.3. The fourth-order valence-electron chi connectivity index (χ4n) is 4.74. The van der Waals surface area contributed by atoms with E-state index in [0.29, 0.717) is 31.9 Å². The topological polar surface area (TPSA) is 129 Å². The van der Waals surface area contributed by atoms with E-state index >= 15 is 0 Å². The van der Waals surface area contributed by atoms with Crippen LogP contribution in [0.4, 0.5) is 37.7 Å². The maximum Gasteiger partial charge on any atom is 0.417 e. The Morgan fingerprint density at radius 1 is 0.783 bits per heavy atom. The maximum atomic E-state index is 13.3. The van der Waals surface area contributed by atoms with Gasteiger partial charge in [-0.3, -0.25) is 9.59 Å². The van der Waals surface area contributed by atoms with Gasteiger partial charge in [-0.1, -0.05) is 0 Å². The van der Waals surface area contributed by atoms with E-state index in [1.165, 1.54) is 6.08 Å². The summed E-state index contributed by atoms with van der Waals surface area (Å²) in [6.45, 7) is 2.91. The Morgan fingerprint density at radius 2 is 1.30 bits per heavy atom. The monoisotopic (exact) mass is 660 g/mol. The number of benzene rings is 2. The highest BCUT2D eigenvalue weighted by atomic mass is 19.4. The van der Waals surface area contributed by atoms with Gasteiger partial charge in [-0.05, 0) is 48.7 Å². The summed E-state index contributed by atoms with van der Waals surface area (Å²) < 4.78 is 99.7. The molecule has 1 unspecified atom stereocenters. The molecule has 16 heteroatoms. The largest absolute Gasteiger partial charge is 0.493 e. The quantitative estimate of drug-likeness (QED) is 0.265. The molecule has 0 saturated carbocycles. The summed E-state index contributed by atoms with van der Waals surface area (Å²) in [5.41, 5.74) is -3.13. The summed E-state index contributed by atoms with van der Waals surface area (Å²) in [4.78, 5) is 46.1. The summed E-state index contributed by atoms with van der Waals surface area (Å²) in [5, 5.41) is 4.46. The van der Waals surface area contributed by atoms with Gasteiger partial charge in [-0.2, -0.15) is 26.3 Å². The lowest BCUT2D eigenvalue weighted by molar-refractivity contribution is -0.139. The molecular weight excluding hydrogens is 630 g/mol. The normalized spacial score (nSPS) is 16.0. The molecule has 0 spiro atoms. The van der Waals surface area contributed by atoms with Crippen LogP contribution in [0, 0.1) is 0 Å². The Kier molecular flexibility index (Phi) is 11.4. The van der Waals surface area contributed by atoms with Crippen molar-refractivity contribution in [2.75, 3.05) is 38.1 Å². The molecule has 0 bridgehead atoms. The van der Waals surface area contributed by atoms with Crippen molar-refractivity contribution in [2.45, 2.75) is 51.6 Å². The minimum Gasteiger partial charge on any atom is -0.493 e. The van der Waals surface area contributed by atoms with Crippen molar-refractivity contribution in [1.82, 2.24) is 0 Å². The molecule has 2 aliphatic rings. The number of hydrogen-bond acceptors (Lipinski definition) is 8. The van der Waals surface area contributed by atoms with Crippen LogP contribution in [0.2, 0.25) is 0 Å². The zero-order valence-electron chi connectivity index (χ0n) is 25.0. The van der Waals surface area contributed by atoms with Gasteiger partial charge in [0.05, 0.1) is 60.6 Å². The lowest BCUT2D eigenvalue weighted by Gasteiger charge is -2.20. The van der Waals surface area contributed by atoms with Crippen LogP contribution < -0.4 is 10.6 Å². The van der Waals surface area contributed by atoms with Crippen LogP contribution in [0.25, 0.3) is 5.76 Å². The zero-order valence-corrected chi connectivity index (χ0v) is 25.0. The minimum absolute atomic E-state index is 0.0526. The average Bonchev–Trinajstić information content (AvgIpc) is 3.70. The molecule has 2 heterocycles. The smallest absolute Gasteiger partial charge is 0.417 e. The fourth-order valence-corrected chi connectivity index (χ4v) is 4.74. The molecule has 1 saturated heterocycles. The summed E-state index contributed by atoms with van der Waals surface area (Å²) in [6.07, 6.45) is -6.97. The number of ether oxygens (including phenoxy) is 4. The van der Waals surface area contributed by atoms with Crippen LogP contribution in [-0.2, 0) is 40.9 Å². The molecule has 2 aromatic rings. The van der Waals surface area contributed by atoms with Crippen LogP contribution in [0.1, 0.15) is 82.2 Å². The van der Waals surface area contributed by atoms with Crippen molar-refractivity contribution in [2.24, 2.45) is 0 Å². The second-order valence-corrected chi connectivity index (χ2v) is 9.98. The van der Waals surface area contributed by atoms with E-state index in [0.717, 1.165) is 46.3 Å². The van der Waals surface area contributed by atoms with Gasteiger partial charge in [-0.25, -0.2) is 9.59 Å². The van der Waals surface area contributed by atoms with Crippen molar-refractivity contribution in [3.05, 3.63) is 63.7 Å². The number of hydrogen-bond donors (Lipinski definition) is 2. The number of rotatable bonds is 6. The molecular formula is C30H30F6N2O8. The van der Waals surface area contributed by atoms with E-state index in [4.69, 9.17) is 9.47 Å². The Bertz CT molecular complexity index is 1530. The Balaban J connectivity index is 0.000000250. The van der Waals surface area contributed by atoms with Crippen LogP contribution in [0.3, 0.4) is 0 Å². The Hall–Kier alpha value is -4.60. The summed E-state index contributed by atoms with van der Waals surface area (Å²) >= 11 is 0. The Morgan fingerprint density at radius 3 is 1.72 bits per heavy atom. The van der Waals surface area contributed by atoms with E-state index in [2.05, 4.69) is 20.1 Å². The van der Waals surface area contributed by atoms with Gasteiger partial charge in [0.1, 0.15) is 5.76 Å². The van der Waals surface area contributed by atoms with Gasteiger partial charge in [0.15, 0.2) is 0 Å².